The van der Waals surface area contributed by atoms with Crippen molar-refractivity contribution in [3.63, 3.8) is 0 Å². The van der Waals surface area contributed by atoms with Gasteiger partial charge in [0.2, 0.25) is 0 Å². The van der Waals surface area contributed by atoms with Gasteiger partial charge in [0.15, 0.2) is 0 Å². The van der Waals surface area contributed by atoms with Gasteiger partial charge >= 0.3 is 0 Å². The Labute approximate surface area is 135 Å². The maximum atomic E-state index is 6.00. The Morgan fingerprint density at radius 2 is 1.67 bits per heavy atom. The lowest BCUT2D eigenvalue weighted by atomic mass is 10.1. The third-order valence-electron chi connectivity index (χ3n) is 3.32. The molecule has 4 aromatic rings. The summed E-state index contributed by atoms with van der Waals surface area (Å²) < 4.78 is 0.811. The second-order valence-electron chi connectivity index (χ2n) is 4.70. The highest BCUT2D eigenvalue weighted by Gasteiger charge is 2.09. The van der Waals surface area contributed by atoms with E-state index in [4.69, 9.17) is 11.6 Å². The molecule has 0 aliphatic heterocycles. The Bertz CT molecular complexity index is 923. The number of aromatic nitrogens is 1. The first-order chi connectivity index (χ1) is 10.3. The Balaban J connectivity index is 1.77. The summed E-state index contributed by atoms with van der Waals surface area (Å²) in [5, 5.41) is 3.54. The third kappa shape index (κ3) is 2.48. The number of hydrogen-bond acceptors (Lipinski definition) is 3. The number of thiophene rings is 1. The van der Waals surface area contributed by atoms with Crippen LogP contribution in [0, 0.1) is 0 Å². The number of benzene rings is 2. The normalized spacial score (nSPS) is 11.1. The zero-order valence-corrected chi connectivity index (χ0v) is 13.3. The first-order valence-corrected chi connectivity index (χ1v) is 8.51. The molecule has 0 N–H and O–H groups in total. The van der Waals surface area contributed by atoms with Gasteiger partial charge in [0.1, 0.15) is 5.01 Å². The number of halogens is 1. The summed E-state index contributed by atoms with van der Waals surface area (Å²) in [7, 11) is 0. The lowest BCUT2D eigenvalue weighted by molar-refractivity contribution is 1.42. The molecule has 0 radical (unpaired) electrons. The van der Waals surface area contributed by atoms with E-state index in [1.54, 1.807) is 22.7 Å². The number of hydrogen-bond donors (Lipinski definition) is 0. The van der Waals surface area contributed by atoms with E-state index in [1.165, 1.54) is 15.6 Å². The van der Waals surface area contributed by atoms with Crippen molar-refractivity contribution in [2.75, 3.05) is 0 Å². The summed E-state index contributed by atoms with van der Waals surface area (Å²) in [4.78, 5) is 6.89. The minimum Gasteiger partial charge on any atom is -0.244 e. The molecule has 102 valence electrons. The van der Waals surface area contributed by atoms with Crippen molar-refractivity contribution in [3.05, 3.63) is 65.1 Å². The average Bonchev–Trinajstić information content (AvgIpc) is 3.15. The monoisotopic (exact) mass is 327 g/mol. The van der Waals surface area contributed by atoms with Crippen molar-refractivity contribution in [1.29, 1.82) is 0 Å². The van der Waals surface area contributed by atoms with E-state index in [-0.39, 0.29) is 0 Å². The molecule has 0 amide bonds. The maximum Gasteiger partial charge on any atom is 0.123 e. The van der Waals surface area contributed by atoms with Crippen molar-refractivity contribution >= 4 is 45.0 Å². The number of nitrogens with zero attached hydrogens (tertiary/aromatic N) is 1. The molecule has 0 aliphatic carbocycles. The topological polar surface area (TPSA) is 12.9 Å². The minimum atomic E-state index is 0.811. The van der Waals surface area contributed by atoms with E-state index >= 15 is 0 Å². The van der Waals surface area contributed by atoms with Crippen molar-refractivity contribution in [3.8, 4) is 20.3 Å². The number of fused-ring (bicyclic) bond motifs is 1. The number of rotatable bonds is 2. The van der Waals surface area contributed by atoms with Crippen molar-refractivity contribution < 1.29 is 0 Å². The SMILES string of the molecule is Clc1ccc(-c2cnc(-c3ccc4ccccc4c3)s2)s1. The Hall–Kier alpha value is -1.68. The summed E-state index contributed by atoms with van der Waals surface area (Å²) in [5.41, 5.74) is 1.16. The van der Waals surface area contributed by atoms with E-state index in [9.17, 15) is 0 Å². The van der Waals surface area contributed by atoms with Crippen LogP contribution in [-0.2, 0) is 0 Å². The van der Waals surface area contributed by atoms with Gasteiger partial charge in [-0.25, -0.2) is 4.98 Å². The van der Waals surface area contributed by atoms with Crippen LogP contribution in [0.1, 0.15) is 0 Å². The molecule has 1 nitrogen and oxygen atoms in total. The quantitative estimate of drug-likeness (QED) is 0.418. The Morgan fingerprint density at radius 1 is 0.810 bits per heavy atom. The van der Waals surface area contributed by atoms with Gasteiger partial charge in [-0.3, -0.25) is 0 Å². The van der Waals surface area contributed by atoms with Gasteiger partial charge in [-0.1, -0.05) is 48.0 Å². The zero-order valence-electron chi connectivity index (χ0n) is 10.9. The minimum absolute atomic E-state index is 0.811. The standard InChI is InChI=1S/C17H10ClNS2/c18-16-8-7-14(20-16)15-10-19-17(21-15)13-6-5-11-3-1-2-4-12(11)9-13/h1-10H. The zero-order chi connectivity index (χ0) is 14.2. The van der Waals surface area contributed by atoms with Crippen LogP contribution in [-0.4, -0.2) is 4.98 Å². The molecule has 2 aromatic heterocycles. The highest BCUT2D eigenvalue weighted by atomic mass is 35.5. The van der Waals surface area contributed by atoms with Crippen LogP contribution in [0.2, 0.25) is 4.34 Å². The molecule has 2 aromatic carbocycles. The van der Waals surface area contributed by atoms with Gasteiger partial charge in [0, 0.05) is 16.6 Å². The molecule has 21 heavy (non-hydrogen) atoms. The molecule has 4 rings (SSSR count). The van der Waals surface area contributed by atoms with Crippen LogP contribution in [0.3, 0.4) is 0 Å². The summed E-state index contributed by atoms with van der Waals surface area (Å²) in [6.07, 6.45) is 1.93. The third-order valence-corrected chi connectivity index (χ3v) is 5.79. The van der Waals surface area contributed by atoms with E-state index in [0.717, 1.165) is 19.8 Å². The second-order valence-corrected chi connectivity index (χ2v) is 7.44. The van der Waals surface area contributed by atoms with Gasteiger partial charge in [-0.15, -0.1) is 22.7 Å². The molecule has 0 saturated heterocycles. The van der Waals surface area contributed by atoms with Crippen LogP contribution in [0.5, 0.6) is 0 Å². The summed E-state index contributed by atoms with van der Waals surface area (Å²) in [6, 6.07) is 18.8. The molecule has 2 heterocycles. The molecule has 0 bridgehead atoms. The van der Waals surface area contributed by atoms with Gasteiger partial charge in [-0.2, -0.15) is 0 Å². The van der Waals surface area contributed by atoms with Gasteiger partial charge < -0.3 is 0 Å². The fourth-order valence-electron chi connectivity index (χ4n) is 2.29. The van der Waals surface area contributed by atoms with Crippen molar-refractivity contribution in [1.82, 2.24) is 4.98 Å². The maximum absolute atomic E-state index is 6.00. The largest absolute Gasteiger partial charge is 0.244 e. The summed E-state index contributed by atoms with van der Waals surface area (Å²) >= 11 is 9.29. The highest BCUT2D eigenvalue weighted by molar-refractivity contribution is 7.25. The molecule has 4 heteroatoms. The van der Waals surface area contributed by atoms with Crippen LogP contribution in [0.15, 0.2) is 60.8 Å². The molecular formula is C17H10ClNS2. The first-order valence-electron chi connectivity index (χ1n) is 6.50. The van der Waals surface area contributed by atoms with E-state index < -0.39 is 0 Å². The highest BCUT2D eigenvalue weighted by Crippen LogP contribution is 2.37. The van der Waals surface area contributed by atoms with Crippen LogP contribution in [0.25, 0.3) is 31.1 Å². The van der Waals surface area contributed by atoms with Gasteiger partial charge in [0.05, 0.1) is 9.21 Å². The predicted molar refractivity (Wildman–Crippen MR) is 93.4 cm³/mol. The molecular weight excluding hydrogens is 318 g/mol. The van der Waals surface area contributed by atoms with E-state index in [2.05, 4.69) is 47.4 Å². The summed E-state index contributed by atoms with van der Waals surface area (Å²) in [6.45, 7) is 0. The first kappa shape index (κ1) is 13.0. The van der Waals surface area contributed by atoms with Crippen LogP contribution in [0.4, 0.5) is 0 Å². The molecule has 0 atom stereocenters. The van der Waals surface area contributed by atoms with Crippen molar-refractivity contribution in [2.45, 2.75) is 0 Å². The van der Waals surface area contributed by atoms with Crippen LogP contribution < -0.4 is 0 Å². The van der Waals surface area contributed by atoms with Gasteiger partial charge in [0.25, 0.3) is 0 Å². The lowest BCUT2D eigenvalue weighted by Gasteiger charge is -2.00. The average molecular weight is 328 g/mol. The fourth-order valence-corrected chi connectivity index (χ4v) is 4.32. The molecule has 0 fully saturated rings. The van der Waals surface area contributed by atoms with Gasteiger partial charge in [-0.05, 0) is 29.0 Å². The summed E-state index contributed by atoms with van der Waals surface area (Å²) in [5.74, 6) is 0. The molecule has 0 aliphatic rings. The molecule has 0 saturated carbocycles. The van der Waals surface area contributed by atoms with Crippen LogP contribution >= 0.6 is 34.3 Å². The second kappa shape index (κ2) is 5.26. The lowest BCUT2D eigenvalue weighted by Crippen LogP contribution is -1.76. The Kier molecular flexibility index (Phi) is 3.26. The fraction of sp³-hybridized carbons (Fsp3) is 0. The number of thiazole rings is 1. The van der Waals surface area contributed by atoms with E-state index in [0.29, 0.717) is 0 Å². The predicted octanol–water partition coefficient (Wildman–Crippen LogP) is 6.35. The smallest absolute Gasteiger partial charge is 0.123 e. The Morgan fingerprint density at radius 3 is 2.48 bits per heavy atom. The van der Waals surface area contributed by atoms with E-state index in [1.807, 2.05) is 18.3 Å². The molecule has 0 unspecified atom stereocenters. The van der Waals surface area contributed by atoms with Crippen molar-refractivity contribution in [2.24, 2.45) is 0 Å². The molecule has 0 spiro atoms.